The minimum absolute atomic E-state index is 0.392. The molecule has 2 nitrogen and oxygen atoms in total. The Kier molecular flexibility index (Phi) is 12.3. The Balaban J connectivity index is 3.61. The summed E-state index contributed by atoms with van der Waals surface area (Å²) in [6, 6.07) is 0. The first-order valence-corrected chi connectivity index (χ1v) is 7.40. The zero-order valence-electron chi connectivity index (χ0n) is 12.3. The molecule has 0 fully saturated rings. The van der Waals surface area contributed by atoms with E-state index in [0.29, 0.717) is 12.0 Å². The number of unbranched alkanes of at least 4 members (excludes halogenated alkanes) is 2. The summed E-state index contributed by atoms with van der Waals surface area (Å²) in [5, 5.41) is 0. The summed E-state index contributed by atoms with van der Waals surface area (Å²) in [4.78, 5) is 0. The van der Waals surface area contributed by atoms with Gasteiger partial charge in [0.1, 0.15) is 0 Å². The minimum Gasteiger partial charge on any atom is -0.381 e. The van der Waals surface area contributed by atoms with Gasteiger partial charge in [0, 0.05) is 19.8 Å². The van der Waals surface area contributed by atoms with Crippen LogP contribution in [0.15, 0.2) is 0 Å². The van der Waals surface area contributed by atoms with Crippen molar-refractivity contribution in [2.75, 3.05) is 19.8 Å². The minimum atomic E-state index is 0.392. The van der Waals surface area contributed by atoms with Crippen molar-refractivity contribution in [2.45, 2.75) is 72.3 Å². The van der Waals surface area contributed by atoms with Gasteiger partial charge in [-0.2, -0.15) is 0 Å². The van der Waals surface area contributed by atoms with Crippen LogP contribution in [0.5, 0.6) is 0 Å². The summed E-state index contributed by atoms with van der Waals surface area (Å²) in [6.07, 6.45) is 7.36. The van der Waals surface area contributed by atoms with Crippen LogP contribution >= 0.6 is 0 Å². The molecule has 0 saturated heterocycles. The summed E-state index contributed by atoms with van der Waals surface area (Å²) in [5.74, 6) is 0.706. The van der Waals surface area contributed by atoms with E-state index in [1.807, 2.05) is 0 Å². The Morgan fingerprint density at radius 1 is 0.882 bits per heavy atom. The van der Waals surface area contributed by atoms with Gasteiger partial charge in [-0.05, 0) is 31.6 Å². The Morgan fingerprint density at radius 2 is 1.53 bits per heavy atom. The van der Waals surface area contributed by atoms with Crippen LogP contribution in [0.4, 0.5) is 0 Å². The van der Waals surface area contributed by atoms with Crippen LogP contribution in [0.3, 0.4) is 0 Å². The molecule has 0 aromatic carbocycles. The first-order chi connectivity index (χ1) is 8.20. The molecule has 0 aromatic rings. The van der Waals surface area contributed by atoms with Gasteiger partial charge in [0.25, 0.3) is 0 Å². The Hall–Kier alpha value is -0.0800. The topological polar surface area (TPSA) is 18.5 Å². The van der Waals surface area contributed by atoms with Gasteiger partial charge in [-0.3, -0.25) is 0 Å². The molecule has 0 aromatic heterocycles. The standard InChI is InChI=1S/C15H32O2/c1-5-7-10-16-12-9-15(13-14(3)4)17-11-8-6-2/h14-15H,5-13H2,1-4H3. The average molecular weight is 244 g/mol. The van der Waals surface area contributed by atoms with Gasteiger partial charge in [0.05, 0.1) is 6.10 Å². The van der Waals surface area contributed by atoms with Crippen molar-refractivity contribution in [1.29, 1.82) is 0 Å². The molecule has 104 valence electrons. The highest BCUT2D eigenvalue weighted by Gasteiger charge is 2.11. The second-order valence-electron chi connectivity index (χ2n) is 5.23. The number of hydrogen-bond donors (Lipinski definition) is 0. The molecule has 0 aliphatic heterocycles. The van der Waals surface area contributed by atoms with Gasteiger partial charge in [-0.15, -0.1) is 0 Å². The molecule has 0 aliphatic carbocycles. The number of rotatable bonds is 12. The SMILES string of the molecule is CCCCOCCC(CC(C)C)OCCCC. The molecule has 0 aliphatic rings. The average Bonchev–Trinajstić information content (AvgIpc) is 2.28. The molecular weight excluding hydrogens is 212 g/mol. The van der Waals surface area contributed by atoms with Crippen LogP contribution in [0.2, 0.25) is 0 Å². The van der Waals surface area contributed by atoms with E-state index < -0.39 is 0 Å². The van der Waals surface area contributed by atoms with Crippen molar-refractivity contribution < 1.29 is 9.47 Å². The van der Waals surface area contributed by atoms with Gasteiger partial charge in [-0.25, -0.2) is 0 Å². The quantitative estimate of drug-likeness (QED) is 0.473. The van der Waals surface area contributed by atoms with E-state index in [-0.39, 0.29) is 0 Å². The molecule has 0 rings (SSSR count). The highest BCUT2D eigenvalue weighted by molar-refractivity contribution is 4.61. The van der Waals surface area contributed by atoms with Crippen LogP contribution < -0.4 is 0 Å². The van der Waals surface area contributed by atoms with Crippen LogP contribution in [-0.4, -0.2) is 25.9 Å². The molecule has 0 saturated carbocycles. The maximum atomic E-state index is 5.92. The number of ether oxygens (including phenoxy) is 2. The number of hydrogen-bond acceptors (Lipinski definition) is 2. The van der Waals surface area contributed by atoms with E-state index in [1.54, 1.807) is 0 Å². The molecule has 0 heterocycles. The fourth-order valence-corrected chi connectivity index (χ4v) is 1.75. The van der Waals surface area contributed by atoms with Crippen molar-refractivity contribution in [3.05, 3.63) is 0 Å². The molecule has 0 bridgehead atoms. The van der Waals surface area contributed by atoms with Crippen molar-refractivity contribution in [2.24, 2.45) is 5.92 Å². The van der Waals surface area contributed by atoms with Crippen molar-refractivity contribution in [3.8, 4) is 0 Å². The second-order valence-corrected chi connectivity index (χ2v) is 5.23. The maximum Gasteiger partial charge on any atom is 0.0599 e. The monoisotopic (exact) mass is 244 g/mol. The first kappa shape index (κ1) is 16.9. The van der Waals surface area contributed by atoms with Gasteiger partial charge in [0.15, 0.2) is 0 Å². The summed E-state index contributed by atoms with van der Waals surface area (Å²) in [6.45, 7) is 11.6. The van der Waals surface area contributed by atoms with E-state index in [1.165, 1.54) is 25.7 Å². The lowest BCUT2D eigenvalue weighted by molar-refractivity contribution is 0.00880. The van der Waals surface area contributed by atoms with E-state index in [9.17, 15) is 0 Å². The van der Waals surface area contributed by atoms with Crippen molar-refractivity contribution >= 4 is 0 Å². The molecule has 0 N–H and O–H groups in total. The largest absolute Gasteiger partial charge is 0.381 e. The summed E-state index contributed by atoms with van der Waals surface area (Å²) in [5.41, 5.74) is 0. The lowest BCUT2D eigenvalue weighted by Crippen LogP contribution is -2.19. The summed E-state index contributed by atoms with van der Waals surface area (Å²) < 4.78 is 11.5. The second kappa shape index (κ2) is 12.4. The maximum absolute atomic E-state index is 5.92. The Labute approximate surface area is 108 Å². The third-order valence-corrected chi connectivity index (χ3v) is 2.81. The van der Waals surface area contributed by atoms with E-state index in [4.69, 9.17) is 9.47 Å². The van der Waals surface area contributed by atoms with Crippen LogP contribution in [0, 0.1) is 5.92 Å². The molecular formula is C15H32O2. The van der Waals surface area contributed by atoms with Gasteiger partial charge in [0.2, 0.25) is 0 Å². The van der Waals surface area contributed by atoms with Crippen molar-refractivity contribution in [3.63, 3.8) is 0 Å². The molecule has 1 atom stereocenters. The third-order valence-electron chi connectivity index (χ3n) is 2.81. The van der Waals surface area contributed by atoms with Gasteiger partial charge >= 0.3 is 0 Å². The predicted octanol–water partition coefficient (Wildman–Crippen LogP) is 4.42. The first-order valence-electron chi connectivity index (χ1n) is 7.40. The van der Waals surface area contributed by atoms with Gasteiger partial charge < -0.3 is 9.47 Å². The highest BCUT2D eigenvalue weighted by Crippen LogP contribution is 2.12. The molecule has 0 radical (unpaired) electrons. The van der Waals surface area contributed by atoms with Gasteiger partial charge in [-0.1, -0.05) is 40.5 Å². The lowest BCUT2D eigenvalue weighted by Gasteiger charge is -2.19. The molecule has 17 heavy (non-hydrogen) atoms. The summed E-state index contributed by atoms with van der Waals surface area (Å²) in [7, 11) is 0. The van der Waals surface area contributed by atoms with Crippen molar-refractivity contribution in [1.82, 2.24) is 0 Å². The van der Waals surface area contributed by atoms with Crippen LogP contribution in [-0.2, 0) is 9.47 Å². The van der Waals surface area contributed by atoms with Crippen LogP contribution in [0.25, 0.3) is 0 Å². The fraction of sp³-hybridized carbons (Fsp3) is 1.00. The summed E-state index contributed by atoms with van der Waals surface area (Å²) >= 11 is 0. The van der Waals surface area contributed by atoms with E-state index >= 15 is 0 Å². The normalized spacial score (nSPS) is 13.2. The Bertz CT molecular complexity index is 146. The Morgan fingerprint density at radius 3 is 2.12 bits per heavy atom. The zero-order valence-corrected chi connectivity index (χ0v) is 12.3. The third kappa shape index (κ3) is 12.2. The van der Waals surface area contributed by atoms with E-state index in [2.05, 4.69) is 27.7 Å². The molecule has 2 heteroatoms. The van der Waals surface area contributed by atoms with Crippen LogP contribution in [0.1, 0.15) is 66.2 Å². The van der Waals surface area contributed by atoms with E-state index in [0.717, 1.165) is 32.7 Å². The molecule has 0 amide bonds. The fourth-order valence-electron chi connectivity index (χ4n) is 1.75. The zero-order chi connectivity index (χ0) is 12.9. The molecule has 1 unspecified atom stereocenters. The smallest absolute Gasteiger partial charge is 0.0599 e. The highest BCUT2D eigenvalue weighted by atomic mass is 16.5. The predicted molar refractivity (Wildman–Crippen MR) is 74.4 cm³/mol. The molecule has 0 spiro atoms. The lowest BCUT2D eigenvalue weighted by atomic mass is 10.0.